The van der Waals surface area contributed by atoms with Crippen LogP contribution in [0.1, 0.15) is 61.4 Å². The maximum atomic E-state index is 11.8. The van der Waals surface area contributed by atoms with E-state index in [-0.39, 0.29) is 6.61 Å². The van der Waals surface area contributed by atoms with E-state index in [1.54, 1.807) is 19.1 Å². The molecule has 0 bridgehead atoms. The van der Waals surface area contributed by atoms with Crippen LogP contribution in [0.15, 0.2) is 24.3 Å². The minimum absolute atomic E-state index is 0.224. The molecule has 20 heavy (non-hydrogen) atoms. The summed E-state index contributed by atoms with van der Waals surface area (Å²) in [5, 5.41) is 0. The number of carbonyl (C=O) groups excluding carboxylic acids is 2. The fourth-order valence-corrected chi connectivity index (χ4v) is 3.01. The van der Waals surface area contributed by atoms with E-state index in [1.165, 1.54) is 31.2 Å². The van der Waals surface area contributed by atoms with Crippen LogP contribution in [-0.4, -0.2) is 18.4 Å². The predicted octanol–water partition coefficient (Wildman–Crippen LogP) is 3.73. The van der Waals surface area contributed by atoms with Gasteiger partial charge in [-0.25, -0.2) is 4.79 Å². The van der Waals surface area contributed by atoms with Gasteiger partial charge in [0.05, 0.1) is 6.61 Å². The predicted molar refractivity (Wildman–Crippen MR) is 77.8 cm³/mol. The van der Waals surface area contributed by atoms with Crippen LogP contribution in [0.5, 0.6) is 0 Å². The largest absolute Gasteiger partial charge is 0.460 e. The fourth-order valence-electron chi connectivity index (χ4n) is 3.01. The summed E-state index contributed by atoms with van der Waals surface area (Å²) in [5.41, 5.74) is 1.69. The lowest BCUT2D eigenvalue weighted by Gasteiger charge is -2.29. The molecule has 1 saturated carbocycles. The molecule has 0 saturated heterocycles. The summed E-state index contributed by atoms with van der Waals surface area (Å²) in [6.07, 6.45) is 5.08. The quantitative estimate of drug-likeness (QED) is 0.477. The number of benzene rings is 1. The number of hydrogen-bond acceptors (Lipinski definition) is 3. The molecule has 0 radical (unpaired) electrons. The maximum Gasteiger partial charge on any atom is 0.379 e. The van der Waals surface area contributed by atoms with Gasteiger partial charge >= 0.3 is 5.97 Å². The van der Waals surface area contributed by atoms with Gasteiger partial charge in [0, 0.05) is 5.56 Å². The Morgan fingerprint density at radius 2 is 1.80 bits per heavy atom. The standard InChI is InChI=1S/C17H22O3/c1-3-20-17(19)16(18)14-10-8-13(9-11-14)15-7-5-4-6-12(15)2/h8-12,15H,3-7H2,1-2H3. The molecule has 0 heterocycles. The second-order valence-electron chi connectivity index (χ2n) is 5.54. The van der Waals surface area contributed by atoms with Crippen LogP contribution in [-0.2, 0) is 9.53 Å². The van der Waals surface area contributed by atoms with Crippen molar-refractivity contribution < 1.29 is 14.3 Å². The van der Waals surface area contributed by atoms with Crippen molar-refractivity contribution in [1.29, 1.82) is 0 Å². The summed E-state index contributed by atoms with van der Waals surface area (Å²) in [5.74, 6) is -0.0627. The van der Waals surface area contributed by atoms with Gasteiger partial charge in [0.2, 0.25) is 0 Å². The average Bonchev–Trinajstić information content (AvgIpc) is 2.47. The Balaban J connectivity index is 2.09. The van der Waals surface area contributed by atoms with Crippen LogP contribution in [0.4, 0.5) is 0 Å². The van der Waals surface area contributed by atoms with Gasteiger partial charge in [-0.1, -0.05) is 50.5 Å². The first-order chi connectivity index (χ1) is 9.63. The number of Topliss-reactive ketones (excluding diaryl/α,β-unsaturated/α-hetero) is 1. The van der Waals surface area contributed by atoms with Crippen molar-refractivity contribution in [2.75, 3.05) is 6.61 Å². The maximum absolute atomic E-state index is 11.8. The van der Waals surface area contributed by atoms with Crippen LogP contribution in [0, 0.1) is 5.92 Å². The van der Waals surface area contributed by atoms with Gasteiger partial charge in [-0.2, -0.15) is 0 Å². The summed E-state index contributed by atoms with van der Waals surface area (Å²) < 4.78 is 4.73. The zero-order chi connectivity index (χ0) is 14.5. The number of rotatable bonds is 4. The molecule has 3 heteroatoms. The highest BCUT2D eigenvalue weighted by atomic mass is 16.5. The lowest BCUT2D eigenvalue weighted by molar-refractivity contribution is -0.137. The van der Waals surface area contributed by atoms with E-state index < -0.39 is 11.8 Å². The minimum atomic E-state index is -0.772. The zero-order valence-corrected chi connectivity index (χ0v) is 12.2. The Labute approximate surface area is 120 Å². The van der Waals surface area contributed by atoms with Crippen LogP contribution in [0.3, 0.4) is 0 Å². The first-order valence-electron chi connectivity index (χ1n) is 7.45. The Morgan fingerprint density at radius 1 is 1.15 bits per heavy atom. The number of ketones is 1. The molecule has 2 atom stereocenters. The van der Waals surface area contributed by atoms with Crippen molar-refractivity contribution in [1.82, 2.24) is 0 Å². The van der Waals surface area contributed by atoms with Gasteiger partial charge in [0.15, 0.2) is 0 Å². The zero-order valence-electron chi connectivity index (χ0n) is 12.2. The van der Waals surface area contributed by atoms with E-state index in [4.69, 9.17) is 4.74 Å². The molecule has 1 aliphatic rings. The average molecular weight is 274 g/mol. The molecule has 3 nitrogen and oxygen atoms in total. The summed E-state index contributed by atoms with van der Waals surface area (Å²) in [6, 6.07) is 7.46. The van der Waals surface area contributed by atoms with Gasteiger partial charge in [0.1, 0.15) is 0 Å². The first kappa shape index (κ1) is 14.8. The van der Waals surface area contributed by atoms with Crippen LogP contribution < -0.4 is 0 Å². The Kier molecular flexibility index (Phi) is 4.94. The second kappa shape index (κ2) is 6.69. The molecule has 0 spiro atoms. The molecular formula is C17H22O3. The summed E-state index contributed by atoms with van der Waals surface area (Å²) >= 11 is 0. The summed E-state index contributed by atoms with van der Waals surface area (Å²) in [7, 11) is 0. The Morgan fingerprint density at radius 3 is 2.40 bits per heavy atom. The normalized spacial score (nSPS) is 22.3. The molecule has 1 fully saturated rings. The third-order valence-corrected chi connectivity index (χ3v) is 4.17. The van der Waals surface area contributed by atoms with Crippen molar-refractivity contribution in [3.63, 3.8) is 0 Å². The smallest absolute Gasteiger partial charge is 0.379 e. The number of ether oxygens (including phenoxy) is 1. The fraction of sp³-hybridized carbons (Fsp3) is 0.529. The molecule has 1 aliphatic carbocycles. The highest BCUT2D eigenvalue weighted by molar-refractivity contribution is 6.40. The van der Waals surface area contributed by atoms with Gasteiger partial charge in [0.25, 0.3) is 5.78 Å². The molecule has 0 amide bonds. The first-order valence-corrected chi connectivity index (χ1v) is 7.45. The third kappa shape index (κ3) is 3.27. The molecule has 108 valence electrons. The van der Waals surface area contributed by atoms with Crippen molar-refractivity contribution in [2.45, 2.75) is 45.4 Å². The van der Waals surface area contributed by atoms with E-state index in [0.717, 1.165) is 0 Å². The van der Waals surface area contributed by atoms with Crippen molar-refractivity contribution in [3.05, 3.63) is 35.4 Å². The minimum Gasteiger partial charge on any atom is -0.460 e. The lowest BCUT2D eigenvalue weighted by atomic mass is 9.76. The van der Waals surface area contributed by atoms with Crippen molar-refractivity contribution >= 4 is 11.8 Å². The number of esters is 1. The molecule has 2 rings (SSSR count). The molecule has 1 aromatic rings. The number of hydrogen-bond donors (Lipinski definition) is 0. The van der Waals surface area contributed by atoms with Crippen LogP contribution in [0.25, 0.3) is 0 Å². The monoisotopic (exact) mass is 274 g/mol. The molecule has 0 aromatic heterocycles. The Bertz CT molecular complexity index is 476. The van der Waals surface area contributed by atoms with E-state index in [9.17, 15) is 9.59 Å². The van der Waals surface area contributed by atoms with Gasteiger partial charge in [-0.05, 0) is 30.7 Å². The molecule has 2 unspecified atom stereocenters. The molecular weight excluding hydrogens is 252 g/mol. The Hall–Kier alpha value is -1.64. The highest BCUT2D eigenvalue weighted by Gasteiger charge is 2.23. The summed E-state index contributed by atoms with van der Waals surface area (Å²) in [4.78, 5) is 23.2. The van der Waals surface area contributed by atoms with Crippen molar-refractivity contribution in [2.24, 2.45) is 5.92 Å². The third-order valence-electron chi connectivity index (χ3n) is 4.17. The molecule has 1 aromatic carbocycles. The highest BCUT2D eigenvalue weighted by Crippen LogP contribution is 2.37. The second-order valence-corrected chi connectivity index (χ2v) is 5.54. The van der Waals surface area contributed by atoms with Gasteiger partial charge < -0.3 is 4.74 Å². The van der Waals surface area contributed by atoms with E-state index in [0.29, 0.717) is 17.4 Å². The molecule has 0 N–H and O–H groups in total. The van der Waals surface area contributed by atoms with Gasteiger partial charge in [-0.3, -0.25) is 4.79 Å². The van der Waals surface area contributed by atoms with E-state index in [1.807, 2.05) is 12.1 Å². The SMILES string of the molecule is CCOC(=O)C(=O)c1ccc(C2CCCCC2C)cc1. The lowest BCUT2D eigenvalue weighted by Crippen LogP contribution is -2.18. The van der Waals surface area contributed by atoms with Crippen LogP contribution >= 0.6 is 0 Å². The van der Waals surface area contributed by atoms with Crippen molar-refractivity contribution in [3.8, 4) is 0 Å². The van der Waals surface area contributed by atoms with Gasteiger partial charge in [-0.15, -0.1) is 0 Å². The van der Waals surface area contributed by atoms with E-state index >= 15 is 0 Å². The van der Waals surface area contributed by atoms with E-state index in [2.05, 4.69) is 6.92 Å². The number of carbonyl (C=O) groups is 2. The summed E-state index contributed by atoms with van der Waals surface area (Å²) in [6.45, 7) is 4.21. The topological polar surface area (TPSA) is 43.4 Å². The molecule has 0 aliphatic heterocycles. The van der Waals surface area contributed by atoms with Crippen LogP contribution in [0.2, 0.25) is 0 Å².